The fourth-order valence-electron chi connectivity index (χ4n) is 2.27. The van der Waals surface area contributed by atoms with Gasteiger partial charge in [-0.15, -0.1) is 0 Å². The lowest BCUT2D eigenvalue weighted by Crippen LogP contribution is -2.14. The highest BCUT2D eigenvalue weighted by atomic mass is 19.2. The van der Waals surface area contributed by atoms with Crippen LogP contribution in [0, 0.1) is 17.5 Å². The van der Waals surface area contributed by atoms with Crippen LogP contribution in [0.15, 0.2) is 30.3 Å². The first-order valence-corrected chi connectivity index (χ1v) is 6.37. The van der Waals surface area contributed by atoms with Gasteiger partial charge in [-0.2, -0.15) is 0 Å². The van der Waals surface area contributed by atoms with E-state index < -0.39 is 29.0 Å². The van der Waals surface area contributed by atoms with Crippen LogP contribution in [0.5, 0.6) is 0 Å². The molecule has 0 radical (unpaired) electrons. The Morgan fingerprint density at radius 2 is 1.95 bits per heavy atom. The van der Waals surface area contributed by atoms with E-state index in [1.165, 1.54) is 0 Å². The van der Waals surface area contributed by atoms with Gasteiger partial charge in [0, 0.05) is 29.9 Å². The topological polar surface area (TPSA) is 41.1 Å². The second-order valence-electron chi connectivity index (χ2n) is 4.75. The van der Waals surface area contributed by atoms with Gasteiger partial charge in [-0.1, -0.05) is 6.07 Å². The molecule has 0 bridgehead atoms. The van der Waals surface area contributed by atoms with Crippen molar-refractivity contribution in [1.29, 1.82) is 0 Å². The van der Waals surface area contributed by atoms with Crippen molar-refractivity contribution in [3.05, 3.63) is 58.9 Å². The molecule has 21 heavy (non-hydrogen) atoms. The lowest BCUT2D eigenvalue weighted by atomic mass is 10.1. The molecular weight excluding hydrogens is 281 g/mol. The number of fused-ring (bicyclic) bond motifs is 1. The molecule has 0 aliphatic carbocycles. The predicted molar refractivity (Wildman–Crippen MR) is 72.9 cm³/mol. The number of benzene rings is 2. The van der Waals surface area contributed by atoms with Gasteiger partial charge < -0.3 is 10.6 Å². The van der Waals surface area contributed by atoms with Crippen LogP contribution in [0.4, 0.5) is 24.5 Å². The van der Waals surface area contributed by atoms with Crippen LogP contribution in [0.2, 0.25) is 0 Å². The van der Waals surface area contributed by atoms with E-state index in [1.807, 2.05) is 0 Å². The number of carbonyl (C=O) groups excluding carboxylic acids is 1. The zero-order chi connectivity index (χ0) is 15.0. The summed E-state index contributed by atoms with van der Waals surface area (Å²) >= 11 is 0. The molecule has 1 aliphatic heterocycles. The number of anilines is 2. The van der Waals surface area contributed by atoms with Crippen molar-refractivity contribution in [2.45, 2.75) is 6.42 Å². The van der Waals surface area contributed by atoms with Crippen molar-refractivity contribution in [1.82, 2.24) is 0 Å². The van der Waals surface area contributed by atoms with Gasteiger partial charge in [0.25, 0.3) is 5.91 Å². The van der Waals surface area contributed by atoms with Crippen LogP contribution in [-0.2, 0) is 6.42 Å². The summed E-state index contributed by atoms with van der Waals surface area (Å²) < 4.78 is 39.7. The number of rotatable bonds is 2. The molecule has 2 aromatic carbocycles. The molecule has 108 valence electrons. The second-order valence-corrected chi connectivity index (χ2v) is 4.75. The molecule has 1 heterocycles. The molecule has 0 spiro atoms. The Morgan fingerprint density at radius 3 is 2.76 bits per heavy atom. The molecule has 0 unspecified atom stereocenters. The van der Waals surface area contributed by atoms with Crippen molar-refractivity contribution in [2.24, 2.45) is 0 Å². The lowest BCUT2D eigenvalue weighted by Gasteiger charge is -2.08. The smallest absolute Gasteiger partial charge is 0.255 e. The van der Waals surface area contributed by atoms with E-state index in [-0.39, 0.29) is 5.56 Å². The molecule has 0 aromatic heterocycles. The Hall–Kier alpha value is -2.50. The van der Waals surface area contributed by atoms with Gasteiger partial charge in [0.1, 0.15) is 5.82 Å². The number of carbonyl (C=O) groups is 1. The maximum Gasteiger partial charge on any atom is 0.255 e. The van der Waals surface area contributed by atoms with E-state index >= 15 is 0 Å². The maximum absolute atomic E-state index is 13.5. The number of halogens is 3. The van der Waals surface area contributed by atoms with Gasteiger partial charge in [-0.3, -0.25) is 4.79 Å². The number of amides is 1. The normalized spacial score (nSPS) is 12.7. The Bertz CT molecular complexity index is 731. The summed E-state index contributed by atoms with van der Waals surface area (Å²) in [5.74, 6) is -4.22. The van der Waals surface area contributed by atoms with Gasteiger partial charge in [-0.25, -0.2) is 13.2 Å². The molecule has 2 N–H and O–H groups in total. The number of nitrogens with one attached hydrogen (secondary N) is 2. The molecule has 0 fully saturated rings. The minimum Gasteiger partial charge on any atom is -0.384 e. The Labute approximate surface area is 118 Å². The third kappa shape index (κ3) is 2.56. The summed E-state index contributed by atoms with van der Waals surface area (Å²) in [6, 6.07) is 6.18. The third-order valence-corrected chi connectivity index (χ3v) is 3.32. The molecule has 1 amide bonds. The van der Waals surface area contributed by atoms with Crippen molar-refractivity contribution in [3.8, 4) is 0 Å². The second kappa shape index (κ2) is 5.12. The summed E-state index contributed by atoms with van der Waals surface area (Å²) in [6.45, 7) is 0.796. The summed E-state index contributed by atoms with van der Waals surface area (Å²) in [4.78, 5) is 12.0. The van der Waals surface area contributed by atoms with E-state index in [2.05, 4.69) is 10.6 Å². The van der Waals surface area contributed by atoms with Crippen molar-refractivity contribution < 1.29 is 18.0 Å². The van der Waals surface area contributed by atoms with Crippen molar-refractivity contribution >= 4 is 17.3 Å². The summed E-state index contributed by atoms with van der Waals surface area (Å²) in [6.07, 6.45) is 0.876. The van der Waals surface area contributed by atoms with E-state index in [0.29, 0.717) is 6.07 Å². The zero-order valence-electron chi connectivity index (χ0n) is 10.8. The fraction of sp³-hybridized carbons (Fsp3) is 0.133. The maximum atomic E-state index is 13.5. The summed E-state index contributed by atoms with van der Waals surface area (Å²) in [7, 11) is 0. The lowest BCUT2D eigenvalue weighted by molar-refractivity contribution is 0.102. The molecule has 1 aliphatic rings. The van der Waals surface area contributed by atoms with Gasteiger partial charge in [-0.05, 0) is 24.1 Å². The minimum absolute atomic E-state index is 0.284. The first kappa shape index (κ1) is 13.5. The molecule has 6 heteroatoms. The first-order chi connectivity index (χ1) is 10.0. The van der Waals surface area contributed by atoms with E-state index in [9.17, 15) is 18.0 Å². The van der Waals surface area contributed by atoms with Crippen LogP contribution >= 0.6 is 0 Å². The zero-order valence-corrected chi connectivity index (χ0v) is 10.8. The highest BCUT2D eigenvalue weighted by Crippen LogP contribution is 2.24. The van der Waals surface area contributed by atoms with Gasteiger partial charge >= 0.3 is 0 Å². The van der Waals surface area contributed by atoms with E-state index in [0.717, 1.165) is 30.3 Å². The summed E-state index contributed by atoms with van der Waals surface area (Å²) in [5, 5.41) is 5.29. The molecule has 3 rings (SSSR count). The molecule has 3 nitrogen and oxygen atoms in total. The van der Waals surface area contributed by atoms with Gasteiger partial charge in [0.2, 0.25) is 0 Å². The quantitative estimate of drug-likeness (QED) is 0.834. The minimum atomic E-state index is -1.35. The molecule has 0 atom stereocenters. The van der Waals surface area contributed by atoms with Crippen LogP contribution in [0.25, 0.3) is 0 Å². The van der Waals surface area contributed by atoms with Crippen LogP contribution < -0.4 is 10.6 Å². The summed E-state index contributed by atoms with van der Waals surface area (Å²) in [5.41, 5.74) is 1.70. The Kier molecular flexibility index (Phi) is 3.29. The van der Waals surface area contributed by atoms with E-state index in [1.54, 1.807) is 18.2 Å². The highest BCUT2D eigenvalue weighted by molar-refractivity contribution is 6.05. The average molecular weight is 292 g/mol. The first-order valence-electron chi connectivity index (χ1n) is 6.37. The number of hydrogen-bond acceptors (Lipinski definition) is 2. The van der Waals surface area contributed by atoms with Crippen LogP contribution in [0.3, 0.4) is 0 Å². The molecule has 2 aromatic rings. The largest absolute Gasteiger partial charge is 0.384 e. The third-order valence-electron chi connectivity index (χ3n) is 3.32. The monoisotopic (exact) mass is 292 g/mol. The Balaban J connectivity index is 1.87. The van der Waals surface area contributed by atoms with Crippen molar-refractivity contribution in [2.75, 3.05) is 17.2 Å². The number of hydrogen-bond donors (Lipinski definition) is 2. The molecular formula is C15H11F3N2O. The van der Waals surface area contributed by atoms with Gasteiger partial charge in [0.05, 0.1) is 5.69 Å². The molecule has 0 saturated heterocycles. The Morgan fingerprint density at radius 1 is 1.14 bits per heavy atom. The average Bonchev–Trinajstić information content (AvgIpc) is 2.91. The van der Waals surface area contributed by atoms with Crippen molar-refractivity contribution in [3.63, 3.8) is 0 Å². The van der Waals surface area contributed by atoms with Gasteiger partial charge in [0.15, 0.2) is 11.6 Å². The predicted octanol–water partition coefficient (Wildman–Crippen LogP) is 3.32. The SMILES string of the molecule is O=C(Nc1cc(F)cc(F)c1F)c1ccc2c(c1)NCC2. The molecule has 0 saturated carbocycles. The fourth-order valence-corrected chi connectivity index (χ4v) is 2.27. The standard InChI is InChI=1S/C15H11F3N2O/c16-10-6-11(17)14(18)13(7-10)20-15(21)9-2-1-8-3-4-19-12(8)5-9/h1-2,5-7,19H,3-4H2,(H,20,21). The highest BCUT2D eigenvalue weighted by Gasteiger charge is 2.17. The van der Waals surface area contributed by atoms with Crippen LogP contribution in [0.1, 0.15) is 15.9 Å². The van der Waals surface area contributed by atoms with Crippen LogP contribution in [-0.4, -0.2) is 12.5 Å². The van der Waals surface area contributed by atoms with E-state index in [4.69, 9.17) is 0 Å².